The summed E-state index contributed by atoms with van der Waals surface area (Å²) in [7, 11) is 0. The highest BCUT2D eigenvalue weighted by molar-refractivity contribution is 7.07. The van der Waals surface area contributed by atoms with Crippen molar-refractivity contribution in [3.8, 4) is 6.07 Å². The number of nitriles is 1. The molecule has 2 rings (SSSR count). The van der Waals surface area contributed by atoms with Gasteiger partial charge in [-0.1, -0.05) is 30.3 Å². The third kappa shape index (κ3) is 3.19. The molecule has 0 spiro atoms. The van der Waals surface area contributed by atoms with Crippen molar-refractivity contribution in [3.63, 3.8) is 0 Å². The normalized spacial score (nSPS) is 11.5. The van der Waals surface area contributed by atoms with Crippen LogP contribution in [0.25, 0.3) is 0 Å². The summed E-state index contributed by atoms with van der Waals surface area (Å²) in [5.41, 5.74) is 1.78. The third-order valence-electron chi connectivity index (χ3n) is 2.51. The van der Waals surface area contributed by atoms with Gasteiger partial charge in [-0.15, -0.1) is 0 Å². The van der Waals surface area contributed by atoms with E-state index in [2.05, 4.69) is 11.4 Å². The largest absolute Gasteiger partial charge is 0.336 e. The number of thiophene rings is 1. The number of carbonyl (C=O) groups is 1. The first kappa shape index (κ1) is 12.3. The maximum atomic E-state index is 11.8. The van der Waals surface area contributed by atoms with Gasteiger partial charge in [0.15, 0.2) is 0 Å². The summed E-state index contributed by atoms with van der Waals surface area (Å²) in [4.78, 5) is 11.8. The second-order valence-electron chi connectivity index (χ2n) is 3.85. The van der Waals surface area contributed by atoms with E-state index in [4.69, 9.17) is 5.26 Å². The first-order valence-corrected chi connectivity index (χ1v) is 6.49. The van der Waals surface area contributed by atoms with E-state index < -0.39 is 6.04 Å². The van der Waals surface area contributed by atoms with Crippen LogP contribution in [0.5, 0.6) is 0 Å². The lowest BCUT2D eigenvalue weighted by molar-refractivity contribution is -0.120. The Morgan fingerprint density at radius 1 is 1.33 bits per heavy atom. The Morgan fingerprint density at radius 2 is 2.11 bits per heavy atom. The predicted molar refractivity (Wildman–Crippen MR) is 71.0 cm³/mol. The summed E-state index contributed by atoms with van der Waals surface area (Å²) in [6, 6.07) is 12.7. The quantitative estimate of drug-likeness (QED) is 0.914. The number of benzene rings is 1. The van der Waals surface area contributed by atoms with Crippen LogP contribution in [0.1, 0.15) is 17.2 Å². The smallest absolute Gasteiger partial charge is 0.225 e. The number of nitrogens with zero attached hydrogens (tertiary/aromatic N) is 1. The molecule has 90 valence electrons. The van der Waals surface area contributed by atoms with Gasteiger partial charge < -0.3 is 5.32 Å². The Bertz CT molecular complexity index is 543. The van der Waals surface area contributed by atoms with E-state index in [1.54, 1.807) is 11.3 Å². The van der Waals surface area contributed by atoms with E-state index in [9.17, 15) is 4.79 Å². The zero-order valence-electron chi connectivity index (χ0n) is 9.67. The molecule has 18 heavy (non-hydrogen) atoms. The number of hydrogen-bond acceptors (Lipinski definition) is 3. The standard InChI is InChI=1S/C14H12N2OS/c15-9-13(12-4-2-1-3-5-12)16-14(17)8-11-6-7-18-10-11/h1-7,10,13H,8H2,(H,16,17). The number of carbonyl (C=O) groups excluding carboxylic acids is 1. The molecule has 1 heterocycles. The van der Waals surface area contributed by atoms with Gasteiger partial charge in [0.25, 0.3) is 0 Å². The van der Waals surface area contributed by atoms with Crippen LogP contribution in [0.3, 0.4) is 0 Å². The molecule has 1 aromatic heterocycles. The molecule has 3 nitrogen and oxygen atoms in total. The van der Waals surface area contributed by atoms with Crippen molar-refractivity contribution in [3.05, 3.63) is 58.3 Å². The number of hydrogen-bond donors (Lipinski definition) is 1. The summed E-state index contributed by atoms with van der Waals surface area (Å²) in [5, 5.41) is 15.7. The number of nitrogens with one attached hydrogen (secondary N) is 1. The first-order valence-electron chi connectivity index (χ1n) is 5.54. The molecule has 1 amide bonds. The van der Waals surface area contributed by atoms with Gasteiger partial charge in [-0.3, -0.25) is 4.79 Å². The average molecular weight is 256 g/mol. The monoisotopic (exact) mass is 256 g/mol. The van der Waals surface area contributed by atoms with E-state index >= 15 is 0 Å². The molecule has 0 aliphatic rings. The molecule has 4 heteroatoms. The molecule has 0 bridgehead atoms. The molecule has 0 radical (unpaired) electrons. The van der Waals surface area contributed by atoms with Gasteiger partial charge in [-0.25, -0.2) is 0 Å². The van der Waals surface area contributed by atoms with Gasteiger partial charge in [0.1, 0.15) is 6.04 Å². The molecular formula is C14H12N2OS. The van der Waals surface area contributed by atoms with Crippen molar-refractivity contribution in [1.82, 2.24) is 5.32 Å². The van der Waals surface area contributed by atoms with Crippen LogP contribution in [0.4, 0.5) is 0 Å². The molecule has 0 fully saturated rings. The Kier molecular flexibility index (Phi) is 4.11. The fourth-order valence-electron chi connectivity index (χ4n) is 1.63. The third-order valence-corrected chi connectivity index (χ3v) is 3.24. The van der Waals surface area contributed by atoms with Gasteiger partial charge in [0, 0.05) is 0 Å². The lowest BCUT2D eigenvalue weighted by Gasteiger charge is -2.11. The molecule has 1 atom stereocenters. The minimum Gasteiger partial charge on any atom is -0.336 e. The topological polar surface area (TPSA) is 52.9 Å². The average Bonchev–Trinajstić information content (AvgIpc) is 2.90. The SMILES string of the molecule is N#CC(NC(=O)Cc1ccsc1)c1ccccc1. The Hall–Kier alpha value is -2.12. The summed E-state index contributed by atoms with van der Waals surface area (Å²) < 4.78 is 0. The molecule has 0 saturated carbocycles. The molecule has 0 aliphatic carbocycles. The first-order chi connectivity index (χ1) is 8.79. The van der Waals surface area contributed by atoms with Crippen molar-refractivity contribution in [1.29, 1.82) is 5.26 Å². The van der Waals surface area contributed by atoms with Gasteiger partial charge in [0.2, 0.25) is 5.91 Å². The Balaban J connectivity index is 1.99. The van der Waals surface area contributed by atoms with Crippen LogP contribution in [0, 0.1) is 11.3 Å². The van der Waals surface area contributed by atoms with E-state index in [-0.39, 0.29) is 5.91 Å². The predicted octanol–water partition coefficient (Wildman–Crippen LogP) is 2.67. The van der Waals surface area contributed by atoms with E-state index in [1.165, 1.54) is 0 Å². The molecule has 0 aliphatic heterocycles. The highest BCUT2D eigenvalue weighted by Gasteiger charge is 2.13. The maximum absolute atomic E-state index is 11.8. The zero-order valence-corrected chi connectivity index (χ0v) is 10.5. The Labute approximate surface area is 110 Å². The van der Waals surface area contributed by atoms with Gasteiger partial charge in [0.05, 0.1) is 12.5 Å². The van der Waals surface area contributed by atoms with E-state index in [1.807, 2.05) is 47.2 Å². The van der Waals surface area contributed by atoms with Crippen molar-refractivity contribution < 1.29 is 4.79 Å². The fraction of sp³-hybridized carbons (Fsp3) is 0.143. The van der Waals surface area contributed by atoms with Gasteiger partial charge in [-0.05, 0) is 28.0 Å². The molecule has 0 saturated heterocycles. The molecule has 1 aromatic carbocycles. The minimum atomic E-state index is -0.586. The van der Waals surface area contributed by atoms with Gasteiger partial charge in [-0.2, -0.15) is 16.6 Å². The van der Waals surface area contributed by atoms with Crippen molar-refractivity contribution >= 4 is 17.2 Å². The lowest BCUT2D eigenvalue weighted by atomic mass is 10.1. The number of rotatable bonds is 4. The molecular weight excluding hydrogens is 244 g/mol. The van der Waals surface area contributed by atoms with Crippen molar-refractivity contribution in [2.75, 3.05) is 0 Å². The maximum Gasteiger partial charge on any atom is 0.225 e. The summed E-state index contributed by atoms with van der Waals surface area (Å²) in [6.07, 6.45) is 0.314. The number of amides is 1. The van der Waals surface area contributed by atoms with Crippen LogP contribution in [-0.4, -0.2) is 5.91 Å². The summed E-state index contributed by atoms with van der Waals surface area (Å²) in [5.74, 6) is -0.135. The van der Waals surface area contributed by atoms with E-state index in [0.717, 1.165) is 11.1 Å². The highest BCUT2D eigenvalue weighted by Crippen LogP contribution is 2.12. The second kappa shape index (κ2) is 5.99. The van der Waals surface area contributed by atoms with Crippen LogP contribution in [0.15, 0.2) is 47.2 Å². The van der Waals surface area contributed by atoms with Crippen LogP contribution >= 0.6 is 11.3 Å². The van der Waals surface area contributed by atoms with Crippen LogP contribution in [0.2, 0.25) is 0 Å². The fourth-order valence-corrected chi connectivity index (χ4v) is 2.29. The van der Waals surface area contributed by atoms with Gasteiger partial charge >= 0.3 is 0 Å². The van der Waals surface area contributed by atoms with Crippen LogP contribution in [-0.2, 0) is 11.2 Å². The lowest BCUT2D eigenvalue weighted by Crippen LogP contribution is -2.28. The molecule has 1 unspecified atom stereocenters. The highest BCUT2D eigenvalue weighted by atomic mass is 32.1. The molecule has 1 N–H and O–H groups in total. The summed E-state index contributed by atoms with van der Waals surface area (Å²) >= 11 is 1.56. The Morgan fingerprint density at radius 3 is 2.72 bits per heavy atom. The zero-order chi connectivity index (χ0) is 12.8. The minimum absolute atomic E-state index is 0.135. The van der Waals surface area contributed by atoms with Crippen molar-refractivity contribution in [2.45, 2.75) is 12.5 Å². The second-order valence-corrected chi connectivity index (χ2v) is 4.63. The molecule has 2 aromatic rings. The van der Waals surface area contributed by atoms with Crippen molar-refractivity contribution in [2.24, 2.45) is 0 Å². The summed E-state index contributed by atoms with van der Waals surface area (Å²) in [6.45, 7) is 0. The van der Waals surface area contributed by atoms with Crippen LogP contribution < -0.4 is 5.32 Å². The van der Waals surface area contributed by atoms with E-state index in [0.29, 0.717) is 6.42 Å².